The molecule has 4 rings (SSSR count). The van der Waals surface area contributed by atoms with Gasteiger partial charge in [-0.25, -0.2) is 9.97 Å². The Labute approximate surface area is 172 Å². The van der Waals surface area contributed by atoms with Crippen LogP contribution in [0, 0.1) is 0 Å². The van der Waals surface area contributed by atoms with Gasteiger partial charge >= 0.3 is 0 Å². The molecule has 8 heteroatoms. The van der Waals surface area contributed by atoms with Crippen LogP contribution in [0.4, 0.5) is 11.6 Å². The number of carbonyl (C=O) groups excluding carboxylic acids is 1. The van der Waals surface area contributed by atoms with E-state index in [0.717, 1.165) is 11.3 Å². The van der Waals surface area contributed by atoms with Crippen molar-refractivity contribution < 1.29 is 4.79 Å². The highest BCUT2D eigenvalue weighted by Crippen LogP contribution is 2.19. The molecule has 2 aromatic carbocycles. The van der Waals surface area contributed by atoms with Crippen LogP contribution in [0.5, 0.6) is 0 Å². The summed E-state index contributed by atoms with van der Waals surface area (Å²) in [5.41, 5.74) is 3.13. The lowest BCUT2D eigenvalue weighted by Crippen LogP contribution is -2.22. The van der Waals surface area contributed by atoms with Crippen LogP contribution in [-0.4, -0.2) is 44.4 Å². The molecule has 0 bridgehead atoms. The quantitative estimate of drug-likeness (QED) is 0.566. The Morgan fingerprint density at radius 3 is 2.37 bits per heavy atom. The molecule has 0 atom stereocenters. The Balaban J connectivity index is 1.66. The Morgan fingerprint density at radius 2 is 1.70 bits per heavy atom. The molecule has 0 spiro atoms. The molecule has 0 radical (unpaired) electrons. The second-order valence-electron chi connectivity index (χ2n) is 6.99. The molecule has 0 aliphatic rings. The van der Waals surface area contributed by atoms with Crippen molar-refractivity contribution in [3.8, 4) is 11.3 Å². The molecule has 0 aliphatic heterocycles. The van der Waals surface area contributed by atoms with Gasteiger partial charge in [-0.1, -0.05) is 30.3 Å². The fraction of sp³-hybridized carbons (Fsp3) is 0.136. The Kier molecular flexibility index (Phi) is 4.97. The van der Waals surface area contributed by atoms with Crippen molar-refractivity contribution in [2.75, 3.05) is 19.4 Å². The number of aryl methyl sites for hydroxylation is 1. The van der Waals surface area contributed by atoms with Gasteiger partial charge in [0.05, 0.1) is 6.20 Å². The average molecular weight is 400 g/mol. The molecule has 2 heterocycles. The standard InChI is InChI=1S/C22H20N6O2/c1-27(2)20(29)15-9-11-16(12-10-15)24-22-23-13-17-19(26-22)28(3)21(30)18(25-17)14-7-5-4-6-8-14/h4-13H,1-3H3,(H,23,24,26). The number of hydrogen-bond acceptors (Lipinski definition) is 6. The van der Waals surface area contributed by atoms with Gasteiger partial charge in [-0.2, -0.15) is 4.98 Å². The summed E-state index contributed by atoms with van der Waals surface area (Å²) in [7, 11) is 5.08. The summed E-state index contributed by atoms with van der Waals surface area (Å²) in [4.78, 5) is 39.6. The first kappa shape index (κ1) is 19.3. The van der Waals surface area contributed by atoms with E-state index in [4.69, 9.17) is 0 Å². The van der Waals surface area contributed by atoms with Gasteiger partial charge < -0.3 is 10.2 Å². The molecule has 0 saturated heterocycles. The number of nitrogens with zero attached hydrogens (tertiary/aromatic N) is 5. The van der Waals surface area contributed by atoms with E-state index in [9.17, 15) is 9.59 Å². The van der Waals surface area contributed by atoms with Gasteiger partial charge in [-0.3, -0.25) is 14.2 Å². The van der Waals surface area contributed by atoms with Crippen LogP contribution in [0.25, 0.3) is 22.4 Å². The average Bonchev–Trinajstić information content (AvgIpc) is 2.77. The van der Waals surface area contributed by atoms with Crippen molar-refractivity contribution in [3.63, 3.8) is 0 Å². The van der Waals surface area contributed by atoms with Crippen molar-refractivity contribution in [1.82, 2.24) is 24.4 Å². The van der Waals surface area contributed by atoms with Gasteiger partial charge in [0.25, 0.3) is 11.5 Å². The maximum absolute atomic E-state index is 12.8. The van der Waals surface area contributed by atoms with Crippen molar-refractivity contribution in [3.05, 3.63) is 76.7 Å². The summed E-state index contributed by atoms with van der Waals surface area (Å²) in [5.74, 6) is 0.261. The first-order chi connectivity index (χ1) is 14.4. The molecule has 4 aromatic rings. The first-order valence-electron chi connectivity index (χ1n) is 9.32. The molecule has 2 aromatic heterocycles. The van der Waals surface area contributed by atoms with E-state index in [1.807, 2.05) is 30.3 Å². The number of carbonyl (C=O) groups is 1. The lowest BCUT2D eigenvalue weighted by atomic mass is 10.1. The van der Waals surface area contributed by atoms with E-state index < -0.39 is 0 Å². The number of aromatic nitrogens is 4. The topological polar surface area (TPSA) is 93.0 Å². The van der Waals surface area contributed by atoms with E-state index in [-0.39, 0.29) is 11.5 Å². The fourth-order valence-electron chi connectivity index (χ4n) is 3.04. The highest BCUT2D eigenvalue weighted by Gasteiger charge is 2.13. The van der Waals surface area contributed by atoms with E-state index in [0.29, 0.717) is 28.4 Å². The molecule has 0 aliphatic carbocycles. The molecule has 0 fully saturated rings. The normalized spacial score (nSPS) is 10.8. The van der Waals surface area contributed by atoms with Gasteiger partial charge in [0.2, 0.25) is 5.95 Å². The predicted octanol–water partition coefficient (Wildman–Crippen LogP) is 2.84. The van der Waals surface area contributed by atoms with Gasteiger partial charge in [-0.05, 0) is 24.3 Å². The maximum atomic E-state index is 12.8. The molecule has 1 amide bonds. The third kappa shape index (κ3) is 3.62. The van der Waals surface area contributed by atoms with E-state index in [1.54, 1.807) is 51.6 Å². The van der Waals surface area contributed by atoms with Gasteiger partial charge in [0, 0.05) is 38.0 Å². The summed E-state index contributed by atoms with van der Waals surface area (Å²) < 4.78 is 1.47. The number of anilines is 2. The lowest BCUT2D eigenvalue weighted by Gasteiger charge is -2.11. The molecular formula is C22H20N6O2. The van der Waals surface area contributed by atoms with Crippen molar-refractivity contribution in [1.29, 1.82) is 0 Å². The highest BCUT2D eigenvalue weighted by molar-refractivity contribution is 5.94. The predicted molar refractivity (Wildman–Crippen MR) is 116 cm³/mol. The molecule has 30 heavy (non-hydrogen) atoms. The second kappa shape index (κ2) is 7.75. The highest BCUT2D eigenvalue weighted by atomic mass is 16.2. The zero-order chi connectivity index (χ0) is 21.3. The number of nitrogens with one attached hydrogen (secondary N) is 1. The Hall–Kier alpha value is -4.07. The number of fused-ring (bicyclic) bond motifs is 1. The van der Waals surface area contributed by atoms with Crippen LogP contribution < -0.4 is 10.9 Å². The van der Waals surface area contributed by atoms with E-state index in [2.05, 4.69) is 20.3 Å². The number of benzene rings is 2. The SMILES string of the molecule is CN(C)C(=O)c1ccc(Nc2ncc3nc(-c4ccccc4)c(=O)n(C)c3n2)cc1. The minimum absolute atomic E-state index is 0.0706. The minimum atomic E-state index is -0.232. The summed E-state index contributed by atoms with van der Waals surface area (Å²) >= 11 is 0. The molecule has 0 saturated carbocycles. The van der Waals surface area contributed by atoms with Gasteiger partial charge in [0.1, 0.15) is 11.2 Å². The number of rotatable bonds is 4. The second-order valence-corrected chi connectivity index (χ2v) is 6.99. The molecule has 8 nitrogen and oxygen atoms in total. The summed E-state index contributed by atoms with van der Waals surface area (Å²) in [6.07, 6.45) is 1.58. The van der Waals surface area contributed by atoms with Crippen molar-refractivity contribution in [2.45, 2.75) is 0 Å². The van der Waals surface area contributed by atoms with Gasteiger partial charge in [-0.15, -0.1) is 0 Å². The lowest BCUT2D eigenvalue weighted by molar-refractivity contribution is 0.0827. The summed E-state index contributed by atoms with van der Waals surface area (Å²) in [5, 5.41) is 3.09. The molecule has 0 unspecified atom stereocenters. The minimum Gasteiger partial charge on any atom is -0.345 e. The van der Waals surface area contributed by atoms with Crippen LogP contribution >= 0.6 is 0 Å². The largest absolute Gasteiger partial charge is 0.345 e. The maximum Gasteiger partial charge on any atom is 0.278 e. The van der Waals surface area contributed by atoms with Crippen LogP contribution in [0.1, 0.15) is 10.4 Å². The zero-order valence-electron chi connectivity index (χ0n) is 16.8. The molecule has 1 N–H and O–H groups in total. The molecular weight excluding hydrogens is 380 g/mol. The van der Waals surface area contributed by atoms with Crippen LogP contribution in [-0.2, 0) is 7.05 Å². The number of amides is 1. The third-order valence-corrected chi connectivity index (χ3v) is 4.65. The Morgan fingerprint density at radius 1 is 1.00 bits per heavy atom. The smallest absolute Gasteiger partial charge is 0.278 e. The fourth-order valence-corrected chi connectivity index (χ4v) is 3.04. The van der Waals surface area contributed by atoms with E-state index >= 15 is 0 Å². The van der Waals surface area contributed by atoms with E-state index in [1.165, 1.54) is 9.47 Å². The number of hydrogen-bond donors (Lipinski definition) is 1. The first-order valence-corrected chi connectivity index (χ1v) is 9.32. The summed E-state index contributed by atoms with van der Waals surface area (Å²) in [6, 6.07) is 16.3. The monoisotopic (exact) mass is 400 g/mol. The Bertz CT molecular complexity index is 1280. The van der Waals surface area contributed by atoms with Crippen molar-refractivity contribution in [2.24, 2.45) is 7.05 Å². The molecule has 150 valence electrons. The third-order valence-electron chi connectivity index (χ3n) is 4.65. The van der Waals surface area contributed by atoms with Crippen LogP contribution in [0.15, 0.2) is 65.6 Å². The van der Waals surface area contributed by atoms with Crippen molar-refractivity contribution >= 4 is 28.7 Å². The van der Waals surface area contributed by atoms with Crippen LogP contribution in [0.3, 0.4) is 0 Å². The van der Waals surface area contributed by atoms with Gasteiger partial charge in [0.15, 0.2) is 5.65 Å². The zero-order valence-corrected chi connectivity index (χ0v) is 16.8. The van der Waals surface area contributed by atoms with Crippen LogP contribution in [0.2, 0.25) is 0 Å². The summed E-state index contributed by atoms with van der Waals surface area (Å²) in [6.45, 7) is 0.